The van der Waals surface area contributed by atoms with Crippen molar-refractivity contribution in [3.63, 3.8) is 0 Å². The van der Waals surface area contributed by atoms with Gasteiger partial charge in [-0.05, 0) is 49.1 Å². The van der Waals surface area contributed by atoms with Crippen LogP contribution >= 0.6 is 15.9 Å². The standard InChI is InChI=1S/C27H34BrNO11S2/c1-18-11-19(5-4-6-30)12-21(26(31)37-7-9-41(2,33)34)22(27(32)38-8-10-42(3,35)36)16-29(18)15-20-13-24-25(14-23(20)28)40-17-39-24/h11-14,16,18,30H,4-10,15,17H2,1-3H3. The van der Waals surface area contributed by atoms with Gasteiger partial charge in [-0.3, -0.25) is 0 Å². The Labute approximate surface area is 253 Å². The number of aliphatic hydroxyl groups excluding tert-OH is 1. The zero-order chi connectivity index (χ0) is 31.1. The van der Waals surface area contributed by atoms with Crippen LogP contribution < -0.4 is 9.47 Å². The van der Waals surface area contributed by atoms with Gasteiger partial charge in [-0.2, -0.15) is 0 Å². The van der Waals surface area contributed by atoms with E-state index in [-0.39, 0.29) is 37.1 Å². The number of hydrogen-bond donors (Lipinski definition) is 1. The molecule has 3 rings (SSSR count). The van der Waals surface area contributed by atoms with Crippen LogP contribution in [0.1, 0.15) is 25.3 Å². The van der Waals surface area contributed by atoms with E-state index in [9.17, 15) is 31.5 Å². The summed E-state index contributed by atoms with van der Waals surface area (Å²) in [5.74, 6) is -1.64. The van der Waals surface area contributed by atoms with Gasteiger partial charge in [-0.15, -0.1) is 0 Å². The number of rotatable bonds is 13. The molecular weight excluding hydrogens is 658 g/mol. The number of fused-ring (bicyclic) bond motifs is 1. The predicted molar refractivity (Wildman–Crippen MR) is 157 cm³/mol. The summed E-state index contributed by atoms with van der Waals surface area (Å²) in [6.07, 6.45) is 7.51. The number of benzene rings is 1. The first kappa shape index (κ1) is 33.6. The van der Waals surface area contributed by atoms with E-state index >= 15 is 0 Å². The minimum atomic E-state index is -3.44. The fourth-order valence-corrected chi connectivity index (χ4v) is 5.25. The van der Waals surface area contributed by atoms with E-state index in [1.54, 1.807) is 17.0 Å². The topological polar surface area (TPSA) is 163 Å². The number of ether oxygens (including phenoxy) is 4. The molecule has 0 saturated carbocycles. The molecule has 2 aliphatic rings. The molecule has 0 radical (unpaired) electrons. The summed E-state index contributed by atoms with van der Waals surface area (Å²) in [5.41, 5.74) is 1.00. The highest BCUT2D eigenvalue weighted by Crippen LogP contribution is 2.38. The van der Waals surface area contributed by atoms with E-state index in [1.165, 1.54) is 12.3 Å². The summed E-state index contributed by atoms with van der Waals surface area (Å²) in [4.78, 5) is 28.4. The molecule has 0 bridgehead atoms. The number of carbonyl (C=O) groups is 2. The highest BCUT2D eigenvalue weighted by Gasteiger charge is 2.29. The molecule has 2 aliphatic heterocycles. The lowest BCUT2D eigenvalue weighted by molar-refractivity contribution is -0.142. The van der Waals surface area contributed by atoms with Crippen molar-refractivity contribution in [3.05, 3.63) is 57.2 Å². The number of esters is 2. The van der Waals surface area contributed by atoms with Gasteiger partial charge in [-0.1, -0.05) is 22.0 Å². The van der Waals surface area contributed by atoms with Crippen LogP contribution in [0.2, 0.25) is 0 Å². The maximum atomic E-state index is 13.4. The van der Waals surface area contributed by atoms with Crippen LogP contribution in [0.25, 0.3) is 0 Å². The van der Waals surface area contributed by atoms with E-state index < -0.39 is 56.3 Å². The molecule has 0 aliphatic carbocycles. The van der Waals surface area contributed by atoms with Crippen LogP contribution in [0.3, 0.4) is 0 Å². The molecule has 0 amide bonds. The third kappa shape index (κ3) is 10.1. The second kappa shape index (κ2) is 14.5. The van der Waals surface area contributed by atoms with Gasteiger partial charge in [0.25, 0.3) is 0 Å². The van der Waals surface area contributed by atoms with Crippen LogP contribution in [0.5, 0.6) is 11.5 Å². The molecule has 232 valence electrons. The summed E-state index contributed by atoms with van der Waals surface area (Å²) < 4.78 is 68.5. The van der Waals surface area contributed by atoms with E-state index in [0.717, 1.165) is 18.1 Å². The summed E-state index contributed by atoms with van der Waals surface area (Å²) in [7, 11) is -6.87. The normalized spacial score (nSPS) is 17.0. The zero-order valence-corrected chi connectivity index (χ0v) is 26.7. The van der Waals surface area contributed by atoms with Crippen molar-refractivity contribution < 1.29 is 50.5 Å². The van der Waals surface area contributed by atoms with Crippen molar-refractivity contribution in [2.45, 2.75) is 32.4 Å². The minimum Gasteiger partial charge on any atom is -0.461 e. The lowest BCUT2D eigenvalue weighted by Crippen LogP contribution is -2.31. The first-order valence-electron chi connectivity index (χ1n) is 13.0. The molecule has 2 heterocycles. The van der Waals surface area contributed by atoms with E-state index in [0.29, 0.717) is 34.4 Å². The van der Waals surface area contributed by atoms with Crippen LogP contribution in [0.15, 0.2) is 51.7 Å². The summed E-state index contributed by atoms with van der Waals surface area (Å²) in [6, 6.07) is 3.24. The average molecular weight is 693 g/mol. The number of sulfone groups is 2. The van der Waals surface area contributed by atoms with Gasteiger partial charge in [0.15, 0.2) is 31.2 Å². The summed E-state index contributed by atoms with van der Waals surface area (Å²) in [5, 5.41) is 9.44. The molecule has 42 heavy (non-hydrogen) atoms. The lowest BCUT2D eigenvalue weighted by atomic mass is 9.97. The second-order valence-electron chi connectivity index (χ2n) is 9.91. The van der Waals surface area contributed by atoms with Crippen LogP contribution in [0, 0.1) is 0 Å². The predicted octanol–water partition coefficient (Wildman–Crippen LogP) is 2.07. The molecule has 0 fully saturated rings. The molecule has 12 nitrogen and oxygen atoms in total. The molecule has 1 atom stereocenters. The minimum absolute atomic E-state index is 0.0846. The van der Waals surface area contributed by atoms with Gasteiger partial charge < -0.3 is 29.0 Å². The Morgan fingerprint density at radius 1 is 1.00 bits per heavy atom. The van der Waals surface area contributed by atoms with Crippen LogP contribution in [-0.2, 0) is 45.3 Å². The largest absolute Gasteiger partial charge is 0.461 e. The Bertz CT molecular complexity index is 1500. The molecule has 1 N–H and O–H groups in total. The van der Waals surface area contributed by atoms with Crippen LogP contribution in [0.4, 0.5) is 0 Å². The number of hydrogen-bond acceptors (Lipinski definition) is 12. The summed E-state index contributed by atoms with van der Waals surface area (Å²) >= 11 is 3.54. The third-order valence-electron chi connectivity index (χ3n) is 6.23. The van der Waals surface area contributed by atoms with E-state index in [4.69, 9.17) is 18.9 Å². The quantitative estimate of drug-likeness (QED) is 0.300. The van der Waals surface area contributed by atoms with Gasteiger partial charge in [0.1, 0.15) is 13.2 Å². The molecule has 0 spiro atoms. The number of halogens is 1. The number of nitrogens with zero attached hydrogens (tertiary/aromatic N) is 1. The second-order valence-corrected chi connectivity index (χ2v) is 15.3. The zero-order valence-electron chi connectivity index (χ0n) is 23.5. The smallest absolute Gasteiger partial charge is 0.340 e. The van der Waals surface area contributed by atoms with Crippen molar-refractivity contribution in [2.75, 3.05) is 50.6 Å². The maximum Gasteiger partial charge on any atom is 0.340 e. The maximum absolute atomic E-state index is 13.4. The highest BCUT2D eigenvalue weighted by molar-refractivity contribution is 9.10. The van der Waals surface area contributed by atoms with Crippen LogP contribution in [-0.4, -0.2) is 95.5 Å². The van der Waals surface area contributed by atoms with Gasteiger partial charge in [0.05, 0.1) is 22.7 Å². The Morgan fingerprint density at radius 3 is 2.14 bits per heavy atom. The van der Waals surface area contributed by atoms with Gasteiger partial charge in [0.2, 0.25) is 6.79 Å². The van der Waals surface area contributed by atoms with Gasteiger partial charge in [-0.25, -0.2) is 26.4 Å². The fraction of sp³-hybridized carbons (Fsp3) is 0.481. The molecule has 0 saturated heterocycles. The Morgan fingerprint density at radius 2 is 1.57 bits per heavy atom. The Balaban J connectivity index is 2.06. The average Bonchev–Trinajstić information content (AvgIpc) is 3.32. The summed E-state index contributed by atoms with van der Waals surface area (Å²) in [6.45, 7) is 1.21. The van der Waals surface area contributed by atoms with Crippen molar-refractivity contribution >= 4 is 47.5 Å². The van der Waals surface area contributed by atoms with Crippen molar-refractivity contribution in [1.82, 2.24) is 4.90 Å². The first-order valence-corrected chi connectivity index (χ1v) is 17.9. The van der Waals surface area contributed by atoms with Crippen molar-refractivity contribution in [1.29, 1.82) is 0 Å². The molecular formula is C27H34BrNO11S2. The third-order valence-corrected chi connectivity index (χ3v) is 8.78. The number of aliphatic hydroxyl groups is 1. The van der Waals surface area contributed by atoms with Crippen molar-refractivity contribution in [3.8, 4) is 11.5 Å². The van der Waals surface area contributed by atoms with Gasteiger partial charge >= 0.3 is 11.9 Å². The van der Waals surface area contributed by atoms with Crippen molar-refractivity contribution in [2.24, 2.45) is 0 Å². The SMILES string of the molecule is CC1C=C(CCCO)C=C(C(=O)OCCS(C)(=O)=O)C(C(=O)OCCS(C)(=O)=O)=CN1Cc1cc2c(cc1Br)OCO2. The molecule has 1 aromatic rings. The van der Waals surface area contributed by atoms with E-state index in [2.05, 4.69) is 15.9 Å². The monoisotopic (exact) mass is 691 g/mol. The molecule has 15 heteroatoms. The Kier molecular flexibility index (Phi) is 11.6. The first-order chi connectivity index (χ1) is 19.7. The van der Waals surface area contributed by atoms with Gasteiger partial charge in [0, 0.05) is 42.4 Å². The molecule has 1 unspecified atom stereocenters. The fourth-order valence-electron chi connectivity index (χ4n) is 4.03. The number of allylic oxidation sites excluding steroid dienone is 2. The molecule has 1 aromatic carbocycles. The highest BCUT2D eigenvalue weighted by atomic mass is 79.9. The van der Waals surface area contributed by atoms with E-state index in [1.807, 2.05) is 13.0 Å². The lowest BCUT2D eigenvalue weighted by Gasteiger charge is -2.30. The Hall–Kier alpha value is -2.88. The molecule has 0 aromatic heterocycles. The number of carbonyl (C=O) groups excluding carboxylic acids is 2.